The number of likely N-dealkylation sites (tertiary alicyclic amines) is 1. The molecule has 2 aromatic carbocycles. The van der Waals surface area contributed by atoms with Crippen LogP contribution in [-0.2, 0) is 16.1 Å². The number of nitrogens with zero attached hydrogens (tertiary/aromatic N) is 5. The average Bonchev–Trinajstić information content (AvgIpc) is 3.51. The van der Waals surface area contributed by atoms with E-state index in [4.69, 9.17) is 0 Å². The molecule has 3 heterocycles. The van der Waals surface area contributed by atoms with Crippen LogP contribution in [0.3, 0.4) is 0 Å². The number of pyridine rings is 1. The molecule has 36 heavy (non-hydrogen) atoms. The Morgan fingerprint density at radius 1 is 1.03 bits per heavy atom. The lowest BCUT2D eigenvalue weighted by molar-refractivity contribution is -0.128. The lowest BCUT2D eigenvalue weighted by Crippen LogP contribution is -2.26. The smallest absolute Gasteiger partial charge is 0.237 e. The summed E-state index contributed by atoms with van der Waals surface area (Å²) in [5.41, 5.74) is 2.74. The van der Waals surface area contributed by atoms with Crippen LogP contribution in [-0.4, -0.2) is 48.3 Å². The zero-order chi connectivity index (χ0) is 24.9. The second-order valence-electron chi connectivity index (χ2n) is 8.50. The normalized spacial score (nSPS) is 14.1. The number of anilines is 1. The molecule has 9 heteroatoms. The summed E-state index contributed by atoms with van der Waals surface area (Å²) in [6.07, 6.45) is 3.10. The number of carbonyl (C=O) groups excluding carboxylic acids is 2. The maximum atomic E-state index is 13.2. The Hall–Kier alpha value is -3.98. The van der Waals surface area contributed by atoms with Gasteiger partial charge in [0.2, 0.25) is 11.8 Å². The molecule has 1 aliphatic rings. The van der Waals surface area contributed by atoms with Crippen molar-refractivity contribution in [3.05, 3.63) is 84.8 Å². The van der Waals surface area contributed by atoms with E-state index in [-0.39, 0.29) is 11.8 Å². The molecule has 0 bridgehead atoms. The SMILES string of the molecule is C[C@H](Sc1nnc(CN2CCCC2=O)n1-c1ccccn1)C(=O)Nc1ccccc1-c1ccccc1. The molecule has 0 aliphatic carbocycles. The number of rotatable bonds is 8. The van der Waals surface area contributed by atoms with Gasteiger partial charge in [0.05, 0.1) is 11.8 Å². The van der Waals surface area contributed by atoms with Crippen LogP contribution in [0.4, 0.5) is 5.69 Å². The summed E-state index contributed by atoms with van der Waals surface area (Å²) in [5.74, 6) is 1.24. The number of hydrogen-bond acceptors (Lipinski definition) is 6. The summed E-state index contributed by atoms with van der Waals surface area (Å²) in [6.45, 7) is 2.90. The third kappa shape index (κ3) is 5.16. The van der Waals surface area contributed by atoms with Crippen molar-refractivity contribution in [2.75, 3.05) is 11.9 Å². The lowest BCUT2D eigenvalue weighted by Gasteiger charge is -2.17. The largest absolute Gasteiger partial charge is 0.335 e. The minimum atomic E-state index is -0.457. The molecule has 0 unspecified atom stereocenters. The molecule has 182 valence electrons. The highest BCUT2D eigenvalue weighted by atomic mass is 32.2. The fourth-order valence-corrected chi connectivity index (χ4v) is 5.02. The number of nitrogens with one attached hydrogen (secondary N) is 1. The molecule has 4 aromatic rings. The number of aromatic nitrogens is 4. The number of thioether (sulfide) groups is 1. The number of amides is 2. The lowest BCUT2D eigenvalue weighted by atomic mass is 10.0. The molecule has 1 atom stereocenters. The molecular weight excluding hydrogens is 472 g/mol. The van der Waals surface area contributed by atoms with Crippen LogP contribution in [0, 0.1) is 0 Å². The van der Waals surface area contributed by atoms with Gasteiger partial charge < -0.3 is 10.2 Å². The third-order valence-corrected chi connectivity index (χ3v) is 7.05. The highest BCUT2D eigenvalue weighted by Gasteiger charge is 2.26. The van der Waals surface area contributed by atoms with Crippen LogP contribution >= 0.6 is 11.8 Å². The van der Waals surface area contributed by atoms with Crippen molar-refractivity contribution in [3.8, 4) is 16.9 Å². The van der Waals surface area contributed by atoms with Gasteiger partial charge in [-0.1, -0.05) is 66.4 Å². The first kappa shape index (κ1) is 23.7. The van der Waals surface area contributed by atoms with Crippen molar-refractivity contribution in [3.63, 3.8) is 0 Å². The molecule has 1 N–H and O–H groups in total. The predicted molar refractivity (Wildman–Crippen MR) is 140 cm³/mol. The van der Waals surface area contributed by atoms with E-state index in [2.05, 4.69) is 20.5 Å². The van der Waals surface area contributed by atoms with E-state index in [1.165, 1.54) is 11.8 Å². The second-order valence-corrected chi connectivity index (χ2v) is 9.81. The molecule has 1 aliphatic heterocycles. The zero-order valence-corrected chi connectivity index (χ0v) is 20.7. The Balaban J connectivity index is 1.37. The van der Waals surface area contributed by atoms with Crippen LogP contribution < -0.4 is 5.32 Å². The first-order valence-corrected chi connectivity index (χ1v) is 12.7. The minimum Gasteiger partial charge on any atom is -0.335 e. The fraction of sp³-hybridized carbons (Fsp3) is 0.222. The molecule has 0 radical (unpaired) electrons. The van der Waals surface area contributed by atoms with Crippen LogP contribution in [0.2, 0.25) is 0 Å². The summed E-state index contributed by atoms with van der Waals surface area (Å²) >= 11 is 1.31. The van der Waals surface area contributed by atoms with Crippen LogP contribution in [0.25, 0.3) is 16.9 Å². The van der Waals surface area contributed by atoms with E-state index in [1.54, 1.807) is 11.1 Å². The quantitative estimate of drug-likeness (QED) is 0.358. The van der Waals surface area contributed by atoms with E-state index < -0.39 is 5.25 Å². The zero-order valence-electron chi connectivity index (χ0n) is 19.9. The van der Waals surface area contributed by atoms with Crippen LogP contribution in [0.5, 0.6) is 0 Å². The van der Waals surface area contributed by atoms with Gasteiger partial charge in [0.1, 0.15) is 5.82 Å². The topological polar surface area (TPSA) is 93.0 Å². The van der Waals surface area contributed by atoms with Crippen molar-refractivity contribution in [1.82, 2.24) is 24.6 Å². The molecule has 5 rings (SSSR count). The Bertz CT molecular complexity index is 1360. The summed E-state index contributed by atoms with van der Waals surface area (Å²) < 4.78 is 1.83. The maximum Gasteiger partial charge on any atom is 0.237 e. The molecule has 1 saturated heterocycles. The standard InChI is InChI=1S/C27H26N6O2S/c1-19(26(35)29-22-13-6-5-12-21(22)20-10-3-2-4-11-20)36-27-31-30-24(18-32-17-9-15-25(32)34)33(27)23-14-7-8-16-28-23/h2-8,10-14,16,19H,9,15,17-18H2,1H3,(H,29,35)/t19-/m0/s1. The van der Waals surface area contributed by atoms with Gasteiger partial charge in [0.15, 0.2) is 11.0 Å². The van der Waals surface area contributed by atoms with E-state index in [1.807, 2.05) is 84.3 Å². The second kappa shape index (κ2) is 10.7. The maximum absolute atomic E-state index is 13.2. The summed E-state index contributed by atoms with van der Waals surface area (Å²) in [7, 11) is 0. The number of benzene rings is 2. The predicted octanol–water partition coefficient (Wildman–Crippen LogP) is 4.57. The number of hydrogen-bond donors (Lipinski definition) is 1. The van der Waals surface area contributed by atoms with E-state index >= 15 is 0 Å². The van der Waals surface area contributed by atoms with Crippen molar-refractivity contribution in [2.24, 2.45) is 0 Å². The average molecular weight is 499 g/mol. The van der Waals surface area contributed by atoms with Gasteiger partial charge in [-0.25, -0.2) is 4.98 Å². The van der Waals surface area contributed by atoms with Crippen molar-refractivity contribution >= 4 is 29.3 Å². The van der Waals surface area contributed by atoms with Gasteiger partial charge in [-0.2, -0.15) is 0 Å². The summed E-state index contributed by atoms with van der Waals surface area (Å²) in [4.78, 5) is 31.7. The molecule has 0 spiro atoms. The Kier molecular flexibility index (Phi) is 7.08. The van der Waals surface area contributed by atoms with Crippen LogP contribution in [0.1, 0.15) is 25.6 Å². The molecule has 2 amide bonds. The van der Waals surface area contributed by atoms with Gasteiger partial charge in [-0.15, -0.1) is 10.2 Å². The molecular formula is C27H26N6O2S. The fourth-order valence-electron chi connectivity index (χ4n) is 4.14. The van der Waals surface area contributed by atoms with Crippen molar-refractivity contribution < 1.29 is 9.59 Å². The summed E-state index contributed by atoms with van der Waals surface area (Å²) in [5, 5.41) is 11.9. The van der Waals surface area contributed by atoms with Crippen molar-refractivity contribution in [2.45, 2.75) is 36.7 Å². The monoisotopic (exact) mass is 498 g/mol. The Labute approximate surface area is 213 Å². The first-order chi connectivity index (χ1) is 17.6. The third-order valence-electron chi connectivity index (χ3n) is 6.00. The Morgan fingerprint density at radius 3 is 2.56 bits per heavy atom. The minimum absolute atomic E-state index is 0.115. The van der Waals surface area contributed by atoms with Gasteiger partial charge in [0.25, 0.3) is 0 Å². The molecule has 0 saturated carbocycles. The first-order valence-electron chi connectivity index (χ1n) is 11.9. The van der Waals surface area contributed by atoms with Gasteiger partial charge in [0, 0.05) is 30.4 Å². The van der Waals surface area contributed by atoms with E-state index in [0.29, 0.717) is 36.3 Å². The highest BCUT2D eigenvalue weighted by molar-refractivity contribution is 8.00. The van der Waals surface area contributed by atoms with Crippen molar-refractivity contribution in [1.29, 1.82) is 0 Å². The number of para-hydroxylation sites is 1. The molecule has 8 nitrogen and oxygen atoms in total. The van der Waals surface area contributed by atoms with Crippen LogP contribution in [0.15, 0.2) is 84.1 Å². The molecule has 1 fully saturated rings. The summed E-state index contributed by atoms with van der Waals surface area (Å²) in [6, 6.07) is 23.3. The molecule has 2 aromatic heterocycles. The van der Waals surface area contributed by atoms with Gasteiger partial charge in [-0.3, -0.25) is 14.2 Å². The number of carbonyl (C=O) groups is 2. The van der Waals surface area contributed by atoms with E-state index in [0.717, 1.165) is 23.2 Å². The van der Waals surface area contributed by atoms with E-state index in [9.17, 15) is 9.59 Å². The van der Waals surface area contributed by atoms with Gasteiger partial charge >= 0.3 is 0 Å². The Morgan fingerprint density at radius 2 is 1.81 bits per heavy atom. The van der Waals surface area contributed by atoms with Gasteiger partial charge in [-0.05, 0) is 37.1 Å². The highest BCUT2D eigenvalue weighted by Crippen LogP contribution is 2.30.